The van der Waals surface area contributed by atoms with Gasteiger partial charge in [-0.2, -0.15) is 0 Å². The Labute approximate surface area is 165 Å². The Morgan fingerprint density at radius 2 is 1.86 bits per heavy atom. The van der Waals surface area contributed by atoms with E-state index in [0.29, 0.717) is 5.92 Å². The maximum Gasteiger partial charge on any atom is 0.331 e. The van der Waals surface area contributed by atoms with E-state index in [1.54, 1.807) is 13.2 Å². The lowest BCUT2D eigenvalue weighted by Crippen LogP contribution is -2.42. The molecule has 0 unspecified atom stereocenters. The Morgan fingerprint density at radius 3 is 2.64 bits per heavy atom. The van der Waals surface area contributed by atoms with Gasteiger partial charge in [0.1, 0.15) is 5.75 Å². The van der Waals surface area contributed by atoms with Crippen molar-refractivity contribution in [3.8, 4) is 5.75 Å². The van der Waals surface area contributed by atoms with Crippen LogP contribution in [0.4, 0.5) is 0 Å². The van der Waals surface area contributed by atoms with E-state index in [-0.39, 0.29) is 18.6 Å². The van der Waals surface area contributed by atoms with Gasteiger partial charge in [-0.15, -0.1) is 0 Å². The maximum atomic E-state index is 12.0. The Hall–Kier alpha value is -2.82. The number of benzene rings is 2. The first kappa shape index (κ1) is 19.9. The largest absolute Gasteiger partial charge is 0.497 e. The van der Waals surface area contributed by atoms with Crippen LogP contribution >= 0.6 is 0 Å². The van der Waals surface area contributed by atoms with Crippen LogP contribution in [0.2, 0.25) is 0 Å². The normalized spacial score (nSPS) is 19.5. The molecular formula is C23H27NO4. The van der Waals surface area contributed by atoms with Gasteiger partial charge in [-0.1, -0.05) is 38.0 Å². The van der Waals surface area contributed by atoms with Gasteiger partial charge in [0.15, 0.2) is 6.61 Å². The summed E-state index contributed by atoms with van der Waals surface area (Å²) in [5, 5.41) is 5.09. The molecule has 1 amide bonds. The van der Waals surface area contributed by atoms with Crippen LogP contribution in [-0.2, 0) is 14.3 Å². The lowest BCUT2D eigenvalue weighted by atomic mass is 9.86. The van der Waals surface area contributed by atoms with Crippen molar-refractivity contribution >= 4 is 28.7 Å². The van der Waals surface area contributed by atoms with Crippen molar-refractivity contribution in [3.05, 3.63) is 48.0 Å². The number of methoxy groups -OCH3 is 1. The number of hydrogen-bond acceptors (Lipinski definition) is 4. The number of hydrogen-bond donors (Lipinski definition) is 1. The highest BCUT2D eigenvalue weighted by molar-refractivity contribution is 5.91. The zero-order chi connectivity index (χ0) is 19.9. The molecule has 5 nitrogen and oxygen atoms in total. The number of rotatable bonds is 6. The quantitative estimate of drug-likeness (QED) is 0.604. The lowest BCUT2D eigenvalue weighted by Gasteiger charge is -2.29. The third-order valence-electron chi connectivity index (χ3n) is 5.29. The summed E-state index contributed by atoms with van der Waals surface area (Å²) in [4.78, 5) is 23.9. The van der Waals surface area contributed by atoms with E-state index in [4.69, 9.17) is 9.47 Å². The molecule has 0 spiro atoms. The average molecular weight is 381 g/mol. The Bertz CT molecular complexity index is 874. The lowest BCUT2D eigenvalue weighted by molar-refractivity contribution is -0.144. The fourth-order valence-corrected chi connectivity index (χ4v) is 3.60. The minimum atomic E-state index is -0.526. The molecule has 2 aromatic carbocycles. The molecule has 1 aliphatic carbocycles. The highest BCUT2D eigenvalue weighted by Gasteiger charge is 2.22. The van der Waals surface area contributed by atoms with Crippen molar-refractivity contribution in [2.24, 2.45) is 5.92 Å². The standard InChI is InChI=1S/C23H27NO4/c1-16-5-3-4-6-21(16)24-22(25)15-28-23(26)12-8-17-7-9-19-14-20(27-2)11-10-18(19)13-17/h7-14,16,21H,3-6,15H2,1-2H3,(H,24,25)/b12-8+/t16-,21-/m1/s1. The van der Waals surface area contributed by atoms with E-state index < -0.39 is 5.97 Å². The minimum absolute atomic E-state index is 0.187. The fourth-order valence-electron chi connectivity index (χ4n) is 3.60. The van der Waals surface area contributed by atoms with Crippen molar-refractivity contribution in [2.75, 3.05) is 13.7 Å². The first-order valence-electron chi connectivity index (χ1n) is 9.77. The van der Waals surface area contributed by atoms with Crippen molar-refractivity contribution < 1.29 is 19.1 Å². The molecule has 2 aromatic rings. The molecule has 28 heavy (non-hydrogen) atoms. The van der Waals surface area contributed by atoms with E-state index >= 15 is 0 Å². The number of amides is 1. The summed E-state index contributed by atoms with van der Waals surface area (Å²) in [5.74, 6) is 0.517. The molecule has 3 rings (SSSR count). The Kier molecular flexibility index (Phi) is 6.69. The van der Waals surface area contributed by atoms with Crippen LogP contribution in [-0.4, -0.2) is 31.6 Å². The molecule has 5 heteroatoms. The van der Waals surface area contributed by atoms with E-state index in [1.165, 1.54) is 12.5 Å². The minimum Gasteiger partial charge on any atom is -0.497 e. The van der Waals surface area contributed by atoms with Crippen molar-refractivity contribution in [3.63, 3.8) is 0 Å². The first-order chi connectivity index (χ1) is 13.5. The molecular weight excluding hydrogens is 354 g/mol. The molecule has 2 atom stereocenters. The van der Waals surface area contributed by atoms with E-state index in [0.717, 1.165) is 41.3 Å². The summed E-state index contributed by atoms with van der Waals surface area (Å²) in [6, 6.07) is 11.9. The highest BCUT2D eigenvalue weighted by Crippen LogP contribution is 2.24. The third-order valence-corrected chi connectivity index (χ3v) is 5.29. The molecule has 1 saturated carbocycles. The Balaban J connectivity index is 1.50. The Morgan fingerprint density at radius 1 is 1.11 bits per heavy atom. The summed E-state index contributed by atoms with van der Waals surface area (Å²) in [7, 11) is 1.64. The van der Waals surface area contributed by atoms with Gasteiger partial charge >= 0.3 is 5.97 Å². The zero-order valence-electron chi connectivity index (χ0n) is 16.4. The van der Waals surface area contributed by atoms with Crippen LogP contribution in [0.5, 0.6) is 5.75 Å². The molecule has 0 saturated heterocycles. The van der Waals surface area contributed by atoms with Crippen LogP contribution in [0, 0.1) is 5.92 Å². The van der Waals surface area contributed by atoms with Gasteiger partial charge in [0.25, 0.3) is 5.91 Å². The average Bonchev–Trinajstić information content (AvgIpc) is 2.72. The molecule has 0 aromatic heterocycles. The highest BCUT2D eigenvalue weighted by atomic mass is 16.5. The second kappa shape index (κ2) is 9.40. The van der Waals surface area contributed by atoms with Gasteiger partial charge < -0.3 is 14.8 Å². The topological polar surface area (TPSA) is 64.6 Å². The summed E-state index contributed by atoms with van der Waals surface area (Å²) >= 11 is 0. The smallest absolute Gasteiger partial charge is 0.331 e. The third kappa shape index (κ3) is 5.35. The number of carbonyl (C=O) groups is 2. The molecule has 0 heterocycles. The summed E-state index contributed by atoms with van der Waals surface area (Å²) in [6.07, 6.45) is 7.51. The predicted molar refractivity (Wildman–Crippen MR) is 110 cm³/mol. The van der Waals surface area contributed by atoms with E-state index in [1.807, 2.05) is 36.4 Å². The second-order valence-electron chi connectivity index (χ2n) is 7.35. The number of fused-ring (bicyclic) bond motifs is 1. The summed E-state index contributed by atoms with van der Waals surface area (Å²) < 4.78 is 10.3. The number of ether oxygens (including phenoxy) is 2. The molecule has 148 valence electrons. The SMILES string of the molecule is COc1ccc2cc(/C=C/C(=O)OCC(=O)N[C@@H]3CCCC[C@H]3C)ccc2c1. The molecule has 1 N–H and O–H groups in total. The fraction of sp³-hybridized carbons (Fsp3) is 0.391. The van der Waals surface area contributed by atoms with Crippen molar-refractivity contribution in [1.29, 1.82) is 0 Å². The van der Waals surface area contributed by atoms with Gasteiger partial charge in [0, 0.05) is 12.1 Å². The maximum absolute atomic E-state index is 12.0. The van der Waals surface area contributed by atoms with Crippen LogP contribution in [0.3, 0.4) is 0 Å². The second-order valence-corrected chi connectivity index (χ2v) is 7.35. The number of esters is 1. The molecule has 0 aliphatic heterocycles. The first-order valence-corrected chi connectivity index (χ1v) is 9.77. The van der Waals surface area contributed by atoms with Crippen molar-refractivity contribution in [2.45, 2.75) is 38.6 Å². The molecule has 1 aliphatic rings. The van der Waals surface area contributed by atoms with Gasteiger partial charge in [0.2, 0.25) is 0 Å². The van der Waals surface area contributed by atoms with Crippen LogP contribution in [0.1, 0.15) is 38.2 Å². The molecule has 0 bridgehead atoms. The monoisotopic (exact) mass is 381 g/mol. The van der Waals surface area contributed by atoms with Gasteiger partial charge in [-0.3, -0.25) is 4.79 Å². The summed E-state index contributed by atoms with van der Waals surface area (Å²) in [5.41, 5.74) is 0.884. The van der Waals surface area contributed by atoms with E-state index in [2.05, 4.69) is 12.2 Å². The number of nitrogens with one attached hydrogen (secondary N) is 1. The van der Waals surface area contributed by atoms with Crippen LogP contribution in [0.15, 0.2) is 42.5 Å². The molecule has 1 fully saturated rings. The van der Waals surface area contributed by atoms with Gasteiger partial charge in [-0.25, -0.2) is 4.79 Å². The molecule has 0 radical (unpaired) electrons. The van der Waals surface area contributed by atoms with Gasteiger partial charge in [0.05, 0.1) is 7.11 Å². The van der Waals surface area contributed by atoms with E-state index in [9.17, 15) is 9.59 Å². The van der Waals surface area contributed by atoms with Crippen LogP contribution < -0.4 is 10.1 Å². The number of carbonyl (C=O) groups excluding carboxylic acids is 2. The van der Waals surface area contributed by atoms with Crippen molar-refractivity contribution in [1.82, 2.24) is 5.32 Å². The zero-order valence-corrected chi connectivity index (χ0v) is 16.4. The van der Waals surface area contributed by atoms with Gasteiger partial charge in [-0.05, 0) is 59.4 Å². The summed E-state index contributed by atoms with van der Waals surface area (Å²) in [6.45, 7) is 1.91. The van der Waals surface area contributed by atoms with Crippen LogP contribution in [0.25, 0.3) is 16.8 Å². The predicted octanol–water partition coefficient (Wildman–Crippen LogP) is 4.10.